The number of hydrogen-bond donors (Lipinski definition) is 1. The lowest BCUT2D eigenvalue weighted by Gasteiger charge is -2.12. The average molecular weight is 347 g/mol. The van der Waals surface area contributed by atoms with Crippen molar-refractivity contribution in [1.82, 2.24) is 15.1 Å². The number of hydrogen-bond acceptors (Lipinski definition) is 3. The lowest BCUT2D eigenvalue weighted by atomic mass is 10.1. The number of aryl methyl sites for hydroxylation is 3. The summed E-state index contributed by atoms with van der Waals surface area (Å²) in [4.78, 5) is 24.8. The van der Waals surface area contributed by atoms with E-state index in [0.717, 1.165) is 16.8 Å². The minimum Gasteiger partial charge on any atom is -0.346 e. The molecule has 0 spiro atoms. The number of nitrogens with zero attached hydrogens (tertiary/aromatic N) is 2. The van der Waals surface area contributed by atoms with Gasteiger partial charge in [-0.3, -0.25) is 9.59 Å². The maximum Gasteiger partial charge on any atom is 0.276 e. The van der Waals surface area contributed by atoms with Crippen molar-refractivity contribution in [2.75, 3.05) is 0 Å². The van der Waals surface area contributed by atoms with E-state index >= 15 is 0 Å². The topological polar surface area (TPSA) is 64.0 Å². The minimum atomic E-state index is -0.473. The number of benzene rings is 2. The van der Waals surface area contributed by atoms with Crippen LogP contribution < -0.4 is 10.7 Å². The van der Waals surface area contributed by atoms with Crippen LogP contribution in [0.1, 0.15) is 32.9 Å². The zero-order chi connectivity index (χ0) is 18.7. The van der Waals surface area contributed by atoms with Crippen LogP contribution in [0.4, 0.5) is 0 Å². The third-order valence-corrected chi connectivity index (χ3v) is 4.26. The van der Waals surface area contributed by atoms with Crippen LogP contribution in [0, 0.1) is 20.8 Å². The number of amides is 1. The molecule has 0 unspecified atom stereocenters. The number of nitrogens with one attached hydrogen (secondary N) is 1. The Labute approximate surface area is 152 Å². The molecular formula is C21H21N3O2. The summed E-state index contributed by atoms with van der Waals surface area (Å²) < 4.78 is 1.60. The SMILES string of the molecule is Cc1ccc(CNC(=O)c2nn(-c3ccccc3)c(C)cc2=O)c(C)c1. The molecule has 26 heavy (non-hydrogen) atoms. The number of aromatic nitrogens is 2. The van der Waals surface area contributed by atoms with Gasteiger partial charge >= 0.3 is 0 Å². The Morgan fingerprint density at radius 1 is 1.04 bits per heavy atom. The fourth-order valence-corrected chi connectivity index (χ4v) is 2.84. The Kier molecular flexibility index (Phi) is 4.98. The standard InChI is InChI=1S/C21H21N3O2/c1-14-9-10-17(15(2)11-14)13-22-21(26)20-19(25)12-16(3)24(23-20)18-7-5-4-6-8-18/h4-12H,13H2,1-3H3,(H,22,26). The van der Waals surface area contributed by atoms with Gasteiger partial charge in [0.15, 0.2) is 5.69 Å². The Balaban J connectivity index is 1.86. The second-order valence-electron chi connectivity index (χ2n) is 6.36. The minimum absolute atomic E-state index is 0.107. The zero-order valence-electron chi connectivity index (χ0n) is 15.1. The molecule has 0 aliphatic heterocycles. The highest BCUT2D eigenvalue weighted by molar-refractivity contribution is 5.92. The molecule has 5 nitrogen and oxygen atoms in total. The highest BCUT2D eigenvalue weighted by Gasteiger charge is 2.15. The van der Waals surface area contributed by atoms with Crippen molar-refractivity contribution in [2.24, 2.45) is 0 Å². The highest BCUT2D eigenvalue weighted by Crippen LogP contribution is 2.11. The first kappa shape index (κ1) is 17.6. The fraction of sp³-hybridized carbons (Fsp3) is 0.190. The number of para-hydroxylation sites is 1. The third-order valence-electron chi connectivity index (χ3n) is 4.26. The molecule has 132 valence electrons. The van der Waals surface area contributed by atoms with Crippen LogP contribution >= 0.6 is 0 Å². The lowest BCUT2D eigenvalue weighted by molar-refractivity contribution is 0.0943. The van der Waals surface area contributed by atoms with Crippen molar-refractivity contribution in [2.45, 2.75) is 27.3 Å². The molecule has 0 aliphatic rings. The first-order chi connectivity index (χ1) is 12.5. The molecule has 5 heteroatoms. The maximum atomic E-state index is 12.5. The zero-order valence-corrected chi connectivity index (χ0v) is 15.1. The number of carbonyl (C=O) groups excluding carboxylic acids is 1. The van der Waals surface area contributed by atoms with E-state index in [9.17, 15) is 9.59 Å². The van der Waals surface area contributed by atoms with E-state index in [1.54, 1.807) is 11.6 Å². The molecule has 0 saturated heterocycles. The Bertz CT molecular complexity index is 1010. The third kappa shape index (κ3) is 3.72. The summed E-state index contributed by atoms with van der Waals surface area (Å²) in [5, 5.41) is 7.08. The molecule has 1 amide bonds. The van der Waals surface area contributed by atoms with E-state index in [-0.39, 0.29) is 11.1 Å². The van der Waals surface area contributed by atoms with Crippen LogP contribution in [0.15, 0.2) is 59.4 Å². The molecule has 0 atom stereocenters. The van der Waals surface area contributed by atoms with Crippen molar-refractivity contribution in [3.05, 3.63) is 92.9 Å². The van der Waals surface area contributed by atoms with Gasteiger partial charge in [0, 0.05) is 18.3 Å². The molecule has 2 aromatic carbocycles. The van der Waals surface area contributed by atoms with E-state index in [2.05, 4.69) is 16.5 Å². The van der Waals surface area contributed by atoms with Gasteiger partial charge < -0.3 is 5.32 Å². The van der Waals surface area contributed by atoms with Crippen LogP contribution in [0.3, 0.4) is 0 Å². The van der Waals surface area contributed by atoms with Crippen molar-refractivity contribution in [1.29, 1.82) is 0 Å². The van der Waals surface area contributed by atoms with Crippen molar-refractivity contribution >= 4 is 5.91 Å². The summed E-state index contributed by atoms with van der Waals surface area (Å²) in [6.45, 7) is 6.17. The van der Waals surface area contributed by atoms with Gasteiger partial charge in [-0.15, -0.1) is 0 Å². The van der Waals surface area contributed by atoms with E-state index in [1.807, 2.05) is 56.3 Å². The molecule has 0 bridgehead atoms. The van der Waals surface area contributed by atoms with Gasteiger partial charge in [-0.25, -0.2) is 4.68 Å². The second-order valence-corrected chi connectivity index (χ2v) is 6.36. The van der Waals surface area contributed by atoms with Crippen LogP contribution in [0.5, 0.6) is 0 Å². The Morgan fingerprint density at radius 2 is 1.77 bits per heavy atom. The van der Waals surface area contributed by atoms with Gasteiger partial charge in [0.1, 0.15) is 0 Å². The van der Waals surface area contributed by atoms with Gasteiger partial charge in [-0.05, 0) is 44.0 Å². The molecule has 1 heterocycles. The first-order valence-electron chi connectivity index (χ1n) is 8.46. The maximum absolute atomic E-state index is 12.5. The van der Waals surface area contributed by atoms with E-state index in [4.69, 9.17) is 0 Å². The quantitative estimate of drug-likeness (QED) is 0.789. The van der Waals surface area contributed by atoms with Crippen molar-refractivity contribution < 1.29 is 4.79 Å². The molecular weight excluding hydrogens is 326 g/mol. The summed E-state index contributed by atoms with van der Waals surface area (Å²) >= 11 is 0. The van der Waals surface area contributed by atoms with Crippen molar-refractivity contribution in [3.8, 4) is 5.69 Å². The van der Waals surface area contributed by atoms with E-state index in [0.29, 0.717) is 12.2 Å². The fourth-order valence-electron chi connectivity index (χ4n) is 2.84. The van der Waals surface area contributed by atoms with Gasteiger partial charge in [0.25, 0.3) is 5.91 Å². The normalized spacial score (nSPS) is 10.6. The van der Waals surface area contributed by atoms with Gasteiger partial charge in [-0.1, -0.05) is 42.0 Å². The summed E-state index contributed by atoms with van der Waals surface area (Å²) in [5.41, 5.74) is 4.27. The summed E-state index contributed by atoms with van der Waals surface area (Å²) in [7, 11) is 0. The van der Waals surface area contributed by atoms with Gasteiger partial charge in [-0.2, -0.15) is 5.10 Å². The molecule has 0 radical (unpaired) electrons. The summed E-state index contributed by atoms with van der Waals surface area (Å²) in [6, 6.07) is 16.9. The number of carbonyl (C=O) groups is 1. The second kappa shape index (κ2) is 7.35. The average Bonchev–Trinajstić information content (AvgIpc) is 2.61. The summed E-state index contributed by atoms with van der Waals surface area (Å²) in [6.07, 6.45) is 0. The molecule has 3 rings (SSSR count). The Morgan fingerprint density at radius 3 is 2.46 bits per heavy atom. The molecule has 0 fully saturated rings. The molecule has 1 aromatic heterocycles. The largest absolute Gasteiger partial charge is 0.346 e. The monoisotopic (exact) mass is 347 g/mol. The van der Waals surface area contributed by atoms with Gasteiger partial charge in [0.05, 0.1) is 5.69 Å². The van der Waals surface area contributed by atoms with Crippen LogP contribution in [-0.4, -0.2) is 15.7 Å². The van der Waals surface area contributed by atoms with Crippen LogP contribution in [0.2, 0.25) is 0 Å². The molecule has 0 saturated carbocycles. The van der Waals surface area contributed by atoms with Gasteiger partial charge in [0.2, 0.25) is 5.43 Å². The molecule has 3 aromatic rings. The first-order valence-corrected chi connectivity index (χ1v) is 8.46. The molecule has 0 aliphatic carbocycles. The van der Waals surface area contributed by atoms with Crippen LogP contribution in [0.25, 0.3) is 5.69 Å². The smallest absolute Gasteiger partial charge is 0.276 e. The lowest BCUT2D eigenvalue weighted by Crippen LogP contribution is -2.31. The summed E-state index contributed by atoms with van der Waals surface area (Å²) in [5.74, 6) is -0.473. The van der Waals surface area contributed by atoms with Crippen molar-refractivity contribution in [3.63, 3.8) is 0 Å². The van der Waals surface area contributed by atoms with E-state index in [1.165, 1.54) is 11.6 Å². The Hall–Kier alpha value is -3.21. The van der Waals surface area contributed by atoms with E-state index < -0.39 is 5.91 Å². The molecule has 1 N–H and O–H groups in total. The highest BCUT2D eigenvalue weighted by atomic mass is 16.2. The predicted octanol–water partition coefficient (Wildman–Crippen LogP) is 3.09. The van der Waals surface area contributed by atoms with Crippen LogP contribution in [-0.2, 0) is 6.54 Å². The predicted molar refractivity (Wildman–Crippen MR) is 102 cm³/mol. The number of rotatable bonds is 4.